The van der Waals surface area contributed by atoms with Crippen LogP contribution < -0.4 is 0 Å². The van der Waals surface area contributed by atoms with E-state index in [1.807, 2.05) is 11.8 Å². The Kier molecular flexibility index (Phi) is 4.29. The molecule has 100 valence electrons. The van der Waals surface area contributed by atoms with E-state index in [2.05, 4.69) is 16.7 Å². The first-order valence-electron chi connectivity index (χ1n) is 7.03. The van der Waals surface area contributed by atoms with E-state index < -0.39 is 0 Å². The summed E-state index contributed by atoms with van der Waals surface area (Å²) >= 11 is 0. The van der Waals surface area contributed by atoms with Crippen LogP contribution in [0.3, 0.4) is 0 Å². The number of nitrogens with zero attached hydrogens (tertiary/aromatic N) is 2. The molecule has 2 fully saturated rings. The summed E-state index contributed by atoms with van der Waals surface area (Å²) in [6.07, 6.45) is 4.95. The van der Waals surface area contributed by atoms with Gasteiger partial charge in [-0.25, -0.2) is 0 Å². The molecule has 1 amide bonds. The van der Waals surface area contributed by atoms with Gasteiger partial charge in [0.25, 0.3) is 0 Å². The quantitative estimate of drug-likeness (QED) is 0.660. The monoisotopic (exact) mass is 248 g/mol. The fourth-order valence-corrected chi connectivity index (χ4v) is 3.17. The minimum Gasteiger partial charge on any atom is -0.343 e. The van der Waals surface area contributed by atoms with Crippen molar-refractivity contribution in [3.63, 3.8) is 0 Å². The van der Waals surface area contributed by atoms with Crippen LogP contribution in [0.25, 0.3) is 0 Å². The molecule has 0 radical (unpaired) electrons. The van der Waals surface area contributed by atoms with Gasteiger partial charge in [0.2, 0.25) is 5.91 Å². The van der Waals surface area contributed by atoms with Gasteiger partial charge in [-0.3, -0.25) is 9.69 Å². The van der Waals surface area contributed by atoms with Crippen LogP contribution in [0.2, 0.25) is 0 Å². The van der Waals surface area contributed by atoms with Crippen LogP contribution in [0.1, 0.15) is 39.5 Å². The van der Waals surface area contributed by atoms with Crippen molar-refractivity contribution in [1.82, 2.24) is 9.80 Å². The minimum absolute atomic E-state index is 0.237. The first-order valence-corrected chi connectivity index (χ1v) is 7.03. The van der Waals surface area contributed by atoms with Crippen LogP contribution in [-0.4, -0.2) is 48.4 Å². The second-order valence-corrected chi connectivity index (χ2v) is 5.71. The fraction of sp³-hybridized carbons (Fsp3) is 0.800. The van der Waals surface area contributed by atoms with E-state index >= 15 is 0 Å². The van der Waals surface area contributed by atoms with E-state index in [4.69, 9.17) is 0 Å². The van der Waals surface area contributed by atoms with Crippen molar-refractivity contribution in [2.45, 2.75) is 39.5 Å². The zero-order valence-corrected chi connectivity index (χ0v) is 11.7. The van der Waals surface area contributed by atoms with E-state index in [0.717, 1.165) is 19.6 Å². The third kappa shape index (κ3) is 3.05. The Morgan fingerprint density at radius 3 is 2.17 bits per heavy atom. The van der Waals surface area contributed by atoms with Crippen LogP contribution in [0.15, 0.2) is 0 Å². The standard InChI is InChI=1S/C15H24N2O/c1-3-4-9-16-10-5-15(6-11-16)7-12-17(13-8-15)14(2)18/h5-13H2,1-2H3. The molecule has 0 aromatic rings. The zero-order chi connectivity index (χ0) is 13.0. The van der Waals surface area contributed by atoms with E-state index in [0.29, 0.717) is 5.41 Å². The maximum atomic E-state index is 11.3. The highest BCUT2D eigenvalue weighted by molar-refractivity contribution is 5.73. The lowest BCUT2D eigenvalue weighted by atomic mass is 9.71. The van der Waals surface area contributed by atoms with Gasteiger partial charge >= 0.3 is 0 Å². The van der Waals surface area contributed by atoms with E-state index in [1.165, 1.54) is 38.8 Å². The van der Waals surface area contributed by atoms with Gasteiger partial charge in [-0.2, -0.15) is 0 Å². The average molecular weight is 248 g/mol. The maximum Gasteiger partial charge on any atom is 0.219 e. The predicted molar refractivity (Wildman–Crippen MR) is 73.0 cm³/mol. The van der Waals surface area contributed by atoms with Crippen LogP contribution in [-0.2, 0) is 4.79 Å². The second-order valence-electron chi connectivity index (χ2n) is 5.71. The first kappa shape index (κ1) is 13.4. The van der Waals surface area contributed by atoms with E-state index in [-0.39, 0.29) is 5.91 Å². The highest BCUT2D eigenvalue weighted by Crippen LogP contribution is 2.41. The number of piperidine rings is 2. The van der Waals surface area contributed by atoms with Gasteiger partial charge in [-0.15, -0.1) is 5.92 Å². The smallest absolute Gasteiger partial charge is 0.219 e. The SMILES string of the molecule is CC#CCN1CCC2(CC1)CCN(C(C)=O)CC2. The molecule has 3 heteroatoms. The zero-order valence-electron chi connectivity index (χ0n) is 11.7. The Hall–Kier alpha value is -1.01. The number of amides is 1. The Morgan fingerprint density at radius 2 is 1.67 bits per heavy atom. The topological polar surface area (TPSA) is 23.6 Å². The normalized spacial score (nSPS) is 23.6. The van der Waals surface area contributed by atoms with Crippen molar-refractivity contribution in [3.8, 4) is 11.8 Å². The van der Waals surface area contributed by atoms with Crippen molar-refractivity contribution in [2.24, 2.45) is 5.41 Å². The van der Waals surface area contributed by atoms with Crippen LogP contribution >= 0.6 is 0 Å². The van der Waals surface area contributed by atoms with Gasteiger partial charge in [0.15, 0.2) is 0 Å². The van der Waals surface area contributed by atoms with Gasteiger partial charge in [0.05, 0.1) is 6.54 Å². The summed E-state index contributed by atoms with van der Waals surface area (Å²) in [6.45, 7) is 8.79. The van der Waals surface area contributed by atoms with E-state index in [9.17, 15) is 4.79 Å². The summed E-state index contributed by atoms with van der Waals surface area (Å²) in [5.41, 5.74) is 0.516. The van der Waals surface area contributed by atoms with Gasteiger partial charge in [-0.1, -0.05) is 5.92 Å². The van der Waals surface area contributed by atoms with Crippen molar-refractivity contribution in [1.29, 1.82) is 0 Å². The molecule has 0 atom stereocenters. The molecule has 0 aromatic heterocycles. The Balaban J connectivity index is 1.82. The highest BCUT2D eigenvalue weighted by Gasteiger charge is 2.37. The molecule has 1 spiro atoms. The number of likely N-dealkylation sites (tertiary alicyclic amines) is 2. The molecule has 2 aliphatic rings. The lowest BCUT2D eigenvalue weighted by Crippen LogP contribution is -2.47. The Labute approximate surface area is 111 Å². The molecule has 18 heavy (non-hydrogen) atoms. The molecule has 0 bridgehead atoms. The van der Waals surface area contributed by atoms with Crippen LogP contribution in [0.5, 0.6) is 0 Å². The predicted octanol–water partition coefficient (Wildman–Crippen LogP) is 1.73. The van der Waals surface area contributed by atoms with Gasteiger partial charge in [0, 0.05) is 20.0 Å². The van der Waals surface area contributed by atoms with Crippen molar-refractivity contribution < 1.29 is 4.79 Å². The second kappa shape index (κ2) is 5.75. The average Bonchev–Trinajstić information content (AvgIpc) is 2.39. The van der Waals surface area contributed by atoms with Gasteiger partial charge in [0.1, 0.15) is 0 Å². The Bertz CT molecular complexity index is 348. The van der Waals surface area contributed by atoms with E-state index in [1.54, 1.807) is 6.92 Å². The lowest BCUT2D eigenvalue weighted by molar-refractivity contribution is -0.131. The highest BCUT2D eigenvalue weighted by atomic mass is 16.2. The van der Waals surface area contributed by atoms with Crippen molar-refractivity contribution >= 4 is 5.91 Å². The van der Waals surface area contributed by atoms with Crippen molar-refractivity contribution in [3.05, 3.63) is 0 Å². The fourth-order valence-electron chi connectivity index (χ4n) is 3.17. The third-order valence-electron chi connectivity index (χ3n) is 4.67. The number of rotatable bonds is 1. The largest absolute Gasteiger partial charge is 0.343 e. The van der Waals surface area contributed by atoms with Crippen molar-refractivity contribution in [2.75, 3.05) is 32.7 Å². The number of hydrogen-bond donors (Lipinski definition) is 0. The number of carbonyl (C=O) groups excluding carboxylic acids is 1. The summed E-state index contributed by atoms with van der Waals surface area (Å²) < 4.78 is 0. The van der Waals surface area contributed by atoms with Crippen LogP contribution in [0.4, 0.5) is 0 Å². The minimum atomic E-state index is 0.237. The molecule has 0 N–H and O–H groups in total. The summed E-state index contributed by atoms with van der Waals surface area (Å²) in [6, 6.07) is 0. The number of carbonyl (C=O) groups is 1. The molecule has 2 saturated heterocycles. The lowest BCUT2D eigenvalue weighted by Gasteiger charge is -2.46. The molecule has 2 rings (SSSR count). The molecule has 2 heterocycles. The van der Waals surface area contributed by atoms with Crippen LogP contribution in [0, 0.1) is 17.3 Å². The molecule has 0 aromatic carbocycles. The molecular formula is C15H24N2O. The van der Waals surface area contributed by atoms with Gasteiger partial charge < -0.3 is 4.90 Å². The first-order chi connectivity index (χ1) is 8.65. The summed E-state index contributed by atoms with van der Waals surface area (Å²) in [7, 11) is 0. The molecule has 2 aliphatic heterocycles. The van der Waals surface area contributed by atoms with Gasteiger partial charge in [-0.05, 0) is 51.1 Å². The molecule has 0 unspecified atom stereocenters. The molecule has 0 aliphatic carbocycles. The maximum absolute atomic E-state index is 11.3. The number of hydrogen-bond acceptors (Lipinski definition) is 2. The summed E-state index contributed by atoms with van der Waals surface area (Å²) in [5, 5.41) is 0. The Morgan fingerprint density at radius 1 is 1.11 bits per heavy atom. The summed E-state index contributed by atoms with van der Waals surface area (Å²) in [4.78, 5) is 15.8. The molecule has 0 saturated carbocycles. The molecular weight excluding hydrogens is 224 g/mol. The molecule has 3 nitrogen and oxygen atoms in total. The third-order valence-corrected chi connectivity index (χ3v) is 4.67. The summed E-state index contributed by atoms with van der Waals surface area (Å²) in [5.74, 6) is 6.36.